The summed E-state index contributed by atoms with van der Waals surface area (Å²) in [7, 11) is 0. The van der Waals surface area contributed by atoms with E-state index >= 15 is 0 Å². The fraction of sp³-hybridized carbons (Fsp3) is 0. The van der Waals surface area contributed by atoms with Crippen molar-refractivity contribution in [3.05, 3.63) is 40.1 Å². The molecule has 0 unspecified atom stereocenters. The predicted molar refractivity (Wildman–Crippen MR) is 54.5 cm³/mol. The summed E-state index contributed by atoms with van der Waals surface area (Å²) in [4.78, 5) is 4.11. The van der Waals surface area contributed by atoms with Crippen molar-refractivity contribution < 1.29 is 0 Å². The van der Waals surface area contributed by atoms with E-state index in [1.54, 1.807) is 6.20 Å². The van der Waals surface area contributed by atoms with E-state index in [2.05, 4.69) is 20.9 Å². The number of fused-ring (bicyclic) bond motifs is 1. The molecule has 0 aliphatic carbocycles. The minimum atomic E-state index is 0.751. The van der Waals surface area contributed by atoms with Crippen molar-refractivity contribution in [1.29, 1.82) is 0 Å². The first kappa shape index (κ1) is 8.02. The molecule has 3 heteroatoms. The molecule has 0 N–H and O–H groups in total. The number of benzene rings is 1. The first-order chi connectivity index (χ1) is 5.77. The molecule has 12 heavy (non-hydrogen) atoms. The van der Waals surface area contributed by atoms with Crippen molar-refractivity contribution in [1.82, 2.24) is 4.98 Å². The molecule has 0 radical (unpaired) electrons. The zero-order chi connectivity index (χ0) is 8.55. The molecule has 2 aromatic rings. The largest absolute Gasteiger partial charge is 0.249 e. The number of aromatic nitrogens is 1. The Hall–Kier alpha value is -0.600. The van der Waals surface area contributed by atoms with Crippen molar-refractivity contribution in [3.8, 4) is 0 Å². The Labute approximate surface area is 83.5 Å². The summed E-state index contributed by atoms with van der Waals surface area (Å²) in [5.74, 6) is 0. The predicted octanol–water partition coefficient (Wildman–Crippen LogP) is 3.65. The number of pyridine rings is 1. The standard InChI is InChI=1S/C9H5BrClN/c10-9-8-2-1-7(11)5-6(8)3-4-12-9/h1-5H. The van der Waals surface area contributed by atoms with Gasteiger partial charge in [-0.2, -0.15) is 0 Å². The van der Waals surface area contributed by atoms with E-state index in [0.717, 1.165) is 20.4 Å². The Balaban J connectivity index is 2.86. The molecule has 0 atom stereocenters. The number of nitrogens with zero attached hydrogens (tertiary/aromatic N) is 1. The minimum absolute atomic E-state index is 0.751. The van der Waals surface area contributed by atoms with Crippen LogP contribution in [-0.4, -0.2) is 4.98 Å². The summed E-state index contributed by atoms with van der Waals surface area (Å²) < 4.78 is 0.858. The van der Waals surface area contributed by atoms with E-state index < -0.39 is 0 Å². The van der Waals surface area contributed by atoms with Crippen LogP contribution in [0, 0.1) is 0 Å². The molecule has 0 aliphatic heterocycles. The molecule has 0 spiro atoms. The van der Waals surface area contributed by atoms with Gasteiger partial charge in [0.2, 0.25) is 0 Å². The van der Waals surface area contributed by atoms with Gasteiger partial charge in [-0.25, -0.2) is 4.98 Å². The fourth-order valence-corrected chi connectivity index (χ4v) is 1.77. The fourth-order valence-electron chi connectivity index (χ4n) is 1.11. The summed E-state index contributed by atoms with van der Waals surface area (Å²) in [6.45, 7) is 0. The molecule has 0 fully saturated rings. The minimum Gasteiger partial charge on any atom is -0.249 e. The maximum atomic E-state index is 5.84. The van der Waals surface area contributed by atoms with Crippen LogP contribution >= 0.6 is 27.5 Å². The lowest BCUT2D eigenvalue weighted by atomic mass is 10.2. The highest BCUT2D eigenvalue weighted by molar-refractivity contribution is 9.10. The second kappa shape index (κ2) is 3.04. The molecular formula is C9H5BrClN. The molecule has 1 aromatic carbocycles. The lowest BCUT2D eigenvalue weighted by Crippen LogP contribution is -1.77. The maximum Gasteiger partial charge on any atom is 0.113 e. The van der Waals surface area contributed by atoms with Crippen LogP contribution in [0.2, 0.25) is 5.02 Å². The Morgan fingerprint density at radius 3 is 2.92 bits per heavy atom. The summed E-state index contributed by atoms with van der Waals surface area (Å²) in [6, 6.07) is 7.67. The average Bonchev–Trinajstić information content (AvgIpc) is 2.04. The van der Waals surface area contributed by atoms with Gasteiger partial charge in [-0.3, -0.25) is 0 Å². The average molecular weight is 243 g/mol. The molecule has 2 rings (SSSR count). The van der Waals surface area contributed by atoms with Gasteiger partial charge in [0.25, 0.3) is 0 Å². The smallest absolute Gasteiger partial charge is 0.113 e. The third-order valence-corrected chi connectivity index (χ3v) is 2.54. The molecule has 1 nitrogen and oxygen atoms in total. The van der Waals surface area contributed by atoms with Crippen LogP contribution in [0.15, 0.2) is 35.1 Å². The van der Waals surface area contributed by atoms with E-state index in [0.29, 0.717) is 0 Å². The lowest BCUT2D eigenvalue weighted by molar-refractivity contribution is 1.31. The van der Waals surface area contributed by atoms with E-state index in [4.69, 9.17) is 11.6 Å². The van der Waals surface area contributed by atoms with Gasteiger partial charge in [-0.05, 0) is 39.5 Å². The Kier molecular flexibility index (Phi) is 2.03. The van der Waals surface area contributed by atoms with Crippen molar-refractivity contribution >= 4 is 38.3 Å². The number of halogens is 2. The van der Waals surface area contributed by atoms with Crippen LogP contribution in [0.3, 0.4) is 0 Å². The lowest BCUT2D eigenvalue weighted by Gasteiger charge is -1.98. The highest BCUT2D eigenvalue weighted by Crippen LogP contribution is 2.23. The monoisotopic (exact) mass is 241 g/mol. The number of rotatable bonds is 0. The summed E-state index contributed by atoms with van der Waals surface area (Å²) in [6.07, 6.45) is 1.75. The van der Waals surface area contributed by atoms with Crippen LogP contribution in [0.5, 0.6) is 0 Å². The first-order valence-corrected chi connectivity index (χ1v) is 4.64. The highest BCUT2D eigenvalue weighted by atomic mass is 79.9. The normalized spacial score (nSPS) is 10.5. The molecule has 0 bridgehead atoms. The van der Waals surface area contributed by atoms with Gasteiger partial charge in [-0.15, -0.1) is 0 Å². The zero-order valence-electron chi connectivity index (χ0n) is 6.09. The molecular weight excluding hydrogens is 237 g/mol. The van der Waals surface area contributed by atoms with Crippen molar-refractivity contribution in [2.45, 2.75) is 0 Å². The van der Waals surface area contributed by atoms with Gasteiger partial charge >= 0.3 is 0 Å². The van der Waals surface area contributed by atoms with E-state index in [1.165, 1.54) is 0 Å². The third-order valence-electron chi connectivity index (χ3n) is 1.68. The second-order valence-electron chi connectivity index (χ2n) is 2.47. The molecule has 0 aliphatic rings. The summed E-state index contributed by atoms with van der Waals surface area (Å²) in [5, 5.41) is 2.94. The van der Waals surface area contributed by atoms with Crippen LogP contribution in [0.25, 0.3) is 10.8 Å². The molecule has 0 saturated carbocycles. The molecule has 60 valence electrons. The van der Waals surface area contributed by atoms with Crippen LogP contribution < -0.4 is 0 Å². The Bertz CT molecular complexity index is 428. The Morgan fingerprint density at radius 2 is 2.08 bits per heavy atom. The van der Waals surface area contributed by atoms with Crippen LogP contribution in [0.4, 0.5) is 0 Å². The van der Waals surface area contributed by atoms with E-state index in [9.17, 15) is 0 Å². The van der Waals surface area contributed by atoms with Gasteiger partial charge in [0.1, 0.15) is 4.60 Å². The summed E-state index contributed by atoms with van der Waals surface area (Å²) in [5.41, 5.74) is 0. The van der Waals surface area contributed by atoms with Gasteiger partial charge in [0.15, 0.2) is 0 Å². The molecule has 1 aromatic heterocycles. The van der Waals surface area contributed by atoms with E-state index in [-0.39, 0.29) is 0 Å². The summed E-state index contributed by atoms with van der Waals surface area (Å²) >= 11 is 9.20. The van der Waals surface area contributed by atoms with E-state index in [1.807, 2.05) is 24.3 Å². The maximum absolute atomic E-state index is 5.84. The third kappa shape index (κ3) is 1.32. The van der Waals surface area contributed by atoms with Gasteiger partial charge in [0, 0.05) is 16.6 Å². The van der Waals surface area contributed by atoms with Crippen molar-refractivity contribution in [2.24, 2.45) is 0 Å². The number of hydrogen-bond acceptors (Lipinski definition) is 1. The molecule has 1 heterocycles. The topological polar surface area (TPSA) is 12.9 Å². The SMILES string of the molecule is Clc1ccc2c(Br)nccc2c1. The van der Waals surface area contributed by atoms with Crippen molar-refractivity contribution in [3.63, 3.8) is 0 Å². The van der Waals surface area contributed by atoms with Crippen LogP contribution in [-0.2, 0) is 0 Å². The molecule has 0 saturated heterocycles. The Morgan fingerprint density at radius 1 is 1.25 bits per heavy atom. The van der Waals surface area contributed by atoms with Gasteiger partial charge in [-0.1, -0.05) is 17.7 Å². The van der Waals surface area contributed by atoms with Crippen molar-refractivity contribution in [2.75, 3.05) is 0 Å². The van der Waals surface area contributed by atoms with Gasteiger partial charge < -0.3 is 0 Å². The van der Waals surface area contributed by atoms with Crippen LogP contribution in [0.1, 0.15) is 0 Å². The van der Waals surface area contributed by atoms with Gasteiger partial charge in [0.05, 0.1) is 0 Å². The second-order valence-corrected chi connectivity index (χ2v) is 3.65. The first-order valence-electron chi connectivity index (χ1n) is 3.47. The zero-order valence-corrected chi connectivity index (χ0v) is 8.43. The number of hydrogen-bond donors (Lipinski definition) is 0. The quantitative estimate of drug-likeness (QED) is 0.643. The molecule has 0 amide bonds. The highest BCUT2D eigenvalue weighted by Gasteiger charge is 1.98.